The monoisotopic (exact) mass is 258 g/mol. The molecule has 0 atom stereocenters. The van der Waals surface area contributed by atoms with Gasteiger partial charge in [0.05, 0.1) is 24.6 Å². The SMILES string of the molecule is COc1ccc(N(C)c2cnccc2C(=O)O)cc1. The molecule has 5 heteroatoms. The van der Waals surface area contributed by atoms with Crippen molar-refractivity contribution in [1.82, 2.24) is 4.98 Å². The molecule has 0 amide bonds. The van der Waals surface area contributed by atoms with Crippen LogP contribution in [0.25, 0.3) is 0 Å². The zero-order valence-corrected chi connectivity index (χ0v) is 10.7. The lowest BCUT2D eigenvalue weighted by atomic mass is 10.2. The number of carboxylic acids is 1. The number of anilines is 2. The Labute approximate surface area is 111 Å². The lowest BCUT2D eigenvalue weighted by molar-refractivity contribution is 0.0697. The van der Waals surface area contributed by atoms with Gasteiger partial charge >= 0.3 is 5.97 Å². The van der Waals surface area contributed by atoms with Crippen LogP contribution in [0.1, 0.15) is 10.4 Å². The number of hydrogen-bond donors (Lipinski definition) is 1. The van der Waals surface area contributed by atoms with E-state index >= 15 is 0 Å². The predicted molar refractivity (Wildman–Crippen MR) is 72.3 cm³/mol. The molecular formula is C14H14N2O3. The molecule has 98 valence electrons. The van der Waals surface area contributed by atoms with Crippen LogP contribution in [-0.4, -0.2) is 30.2 Å². The maximum Gasteiger partial charge on any atom is 0.337 e. The minimum atomic E-state index is -0.974. The van der Waals surface area contributed by atoms with Gasteiger partial charge in [-0.2, -0.15) is 0 Å². The summed E-state index contributed by atoms with van der Waals surface area (Å²) in [6.07, 6.45) is 3.00. The summed E-state index contributed by atoms with van der Waals surface area (Å²) >= 11 is 0. The van der Waals surface area contributed by atoms with Crippen molar-refractivity contribution in [3.63, 3.8) is 0 Å². The van der Waals surface area contributed by atoms with Crippen LogP contribution in [0.4, 0.5) is 11.4 Å². The molecule has 0 saturated heterocycles. The zero-order chi connectivity index (χ0) is 13.8. The number of pyridine rings is 1. The topological polar surface area (TPSA) is 62.7 Å². The van der Waals surface area contributed by atoms with Gasteiger partial charge in [0.25, 0.3) is 0 Å². The maximum absolute atomic E-state index is 11.2. The normalized spacial score (nSPS) is 10.0. The number of ether oxygens (including phenoxy) is 1. The summed E-state index contributed by atoms with van der Waals surface area (Å²) in [5.74, 6) is -0.223. The van der Waals surface area contributed by atoms with Gasteiger partial charge in [0.2, 0.25) is 0 Å². The van der Waals surface area contributed by atoms with E-state index in [9.17, 15) is 4.79 Å². The van der Waals surface area contributed by atoms with E-state index < -0.39 is 5.97 Å². The average molecular weight is 258 g/mol. The van der Waals surface area contributed by atoms with Crippen LogP contribution in [0.5, 0.6) is 5.75 Å². The molecule has 0 radical (unpaired) electrons. The molecule has 0 saturated carbocycles. The third-order valence-corrected chi connectivity index (χ3v) is 2.85. The fraction of sp³-hybridized carbons (Fsp3) is 0.143. The van der Waals surface area contributed by atoms with E-state index in [1.807, 2.05) is 24.3 Å². The summed E-state index contributed by atoms with van der Waals surface area (Å²) in [6, 6.07) is 8.85. The van der Waals surface area contributed by atoms with Crippen molar-refractivity contribution in [3.05, 3.63) is 48.3 Å². The van der Waals surface area contributed by atoms with Crippen molar-refractivity contribution in [2.24, 2.45) is 0 Å². The van der Waals surface area contributed by atoms with Gasteiger partial charge in [-0.15, -0.1) is 0 Å². The molecule has 19 heavy (non-hydrogen) atoms. The number of carboxylic acid groups (broad SMARTS) is 1. The molecule has 1 heterocycles. The van der Waals surface area contributed by atoms with E-state index in [2.05, 4.69) is 4.98 Å². The van der Waals surface area contributed by atoms with Gasteiger partial charge in [0, 0.05) is 18.9 Å². The van der Waals surface area contributed by atoms with Crippen molar-refractivity contribution in [1.29, 1.82) is 0 Å². The molecule has 1 aromatic heterocycles. The molecule has 2 rings (SSSR count). The van der Waals surface area contributed by atoms with Crippen molar-refractivity contribution >= 4 is 17.3 Å². The molecule has 0 spiro atoms. The Balaban J connectivity index is 2.37. The average Bonchev–Trinajstić information content (AvgIpc) is 2.46. The summed E-state index contributed by atoms with van der Waals surface area (Å²) in [4.78, 5) is 16.9. The van der Waals surface area contributed by atoms with Crippen LogP contribution >= 0.6 is 0 Å². The van der Waals surface area contributed by atoms with Crippen LogP contribution < -0.4 is 9.64 Å². The Morgan fingerprint density at radius 1 is 1.26 bits per heavy atom. The van der Waals surface area contributed by atoms with Crippen molar-refractivity contribution in [2.45, 2.75) is 0 Å². The second kappa shape index (κ2) is 5.39. The highest BCUT2D eigenvalue weighted by molar-refractivity contribution is 5.95. The number of methoxy groups -OCH3 is 1. The van der Waals surface area contributed by atoms with E-state index in [-0.39, 0.29) is 5.56 Å². The molecule has 1 aromatic carbocycles. The highest BCUT2D eigenvalue weighted by Crippen LogP contribution is 2.27. The lowest BCUT2D eigenvalue weighted by Crippen LogP contribution is -2.14. The molecular weight excluding hydrogens is 244 g/mol. The van der Waals surface area contributed by atoms with Crippen LogP contribution in [0.2, 0.25) is 0 Å². The lowest BCUT2D eigenvalue weighted by Gasteiger charge is -2.21. The first-order valence-corrected chi connectivity index (χ1v) is 5.68. The molecule has 1 N–H and O–H groups in total. The Hall–Kier alpha value is -2.56. The number of hydrogen-bond acceptors (Lipinski definition) is 4. The third-order valence-electron chi connectivity index (χ3n) is 2.85. The first-order valence-electron chi connectivity index (χ1n) is 5.68. The first kappa shape index (κ1) is 12.9. The molecule has 2 aromatic rings. The predicted octanol–water partition coefficient (Wildman–Crippen LogP) is 2.56. The van der Waals surface area contributed by atoms with Crippen molar-refractivity contribution in [2.75, 3.05) is 19.1 Å². The molecule has 5 nitrogen and oxygen atoms in total. The van der Waals surface area contributed by atoms with Gasteiger partial charge in [-0.1, -0.05) is 0 Å². The fourth-order valence-electron chi connectivity index (χ4n) is 1.78. The summed E-state index contributed by atoms with van der Waals surface area (Å²) in [7, 11) is 3.40. The summed E-state index contributed by atoms with van der Waals surface area (Å²) < 4.78 is 5.09. The summed E-state index contributed by atoms with van der Waals surface area (Å²) in [5, 5.41) is 9.17. The van der Waals surface area contributed by atoms with E-state index in [0.717, 1.165) is 11.4 Å². The number of aromatic nitrogens is 1. The fourth-order valence-corrected chi connectivity index (χ4v) is 1.78. The minimum Gasteiger partial charge on any atom is -0.497 e. The van der Waals surface area contributed by atoms with E-state index in [1.165, 1.54) is 18.5 Å². The van der Waals surface area contributed by atoms with Gasteiger partial charge in [0.15, 0.2) is 0 Å². The van der Waals surface area contributed by atoms with Gasteiger partial charge in [-0.25, -0.2) is 4.79 Å². The molecule has 0 unspecified atom stereocenters. The van der Waals surface area contributed by atoms with Crippen LogP contribution in [-0.2, 0) is 0 Å². The van der Waals surface area contributed by atoms with Crippen molar-refractivity contribution in [3.8, 4) is 5.75 Å². The smallest absolute Gasteiger partial charge is 0.337 e. The van der Waals surface area contributed by atoms with Gasteiger partial charge in [0.1, 0.15) is 5.75 Å². The Morgan fingerprint density at radius 2 is 1.95 bits per heavy atom. The van der Waals surface area contributed by atoms with E-state index in [1.54, 1.807) is 19.1 Å². The van der Waals surface area contributed by atoms with Crippen LogP contribution in [0, 0.1) is 0 Å². The summed E-state index contributed by atoms with van der Waals surface area (Å²) in [5.41, 5.74) is 1.62. The van der Waals surface area contributed by atoms with Crippen LogP contribution in [0.15, 0.2) is 42.7 Å². The number of nitrogens with zero attached hydrogens (tertiary/aromatic N) is 2. The largest absolute Gasteiger partial charge is 0.497 e. The van der Waals surface area contributed by atoms with Gasteiger partial charge < -0.3 is 14.7 Å². The van der Waals surface area contributed by atoms with Gasteiger partial charge in [-0.05, 0) is 30.3 Å². The second-order valence-electron chi connectivity index (χ2n) is 3.96. The highest BCUT2D eigenvalue weighted by atomic mass is 16.5. The molecule has 0 aliphatic rings. The van der Waals surface area contributed by atoms with E-state index in [4.69, 9.17) is 9.84 Å². The Bertz CT molecular complexity index is 581. The number of rotatable bonds is 4. The maximum atomic E-state index is 11.2. The van der Waals surface area contributed by atoms with Crippen molar-refractivity contribution < 1.29 is 14.6 Å². The molecule has 0 aliphatic heterocycles. The van der Waals surface area contributed by atoms with Gasteiger partial charge in [-0.3, -0.25) is 4.98 Å². The quantitative estimate of drug-likeness (QED) is 0.913. The standard InChI is InChI=1S/C14H14N2O3/c1-16(10-3-5-11(19-2)6-4-10)13-9-15-8-7-12(13)14(17)18/h3-9H,1-2H3,(H,17,18). The number of benzene rings is 1. The Morgan fingerprint density at radius 3 is 2.53 bits per heavy atom. The summed E-state index contributed by atoms with van der Waals surface area (Å²) in [6.45, 7) is 0. The first-order chi connectivity index (χ1) is 9.13. The molecule has 0 bridgehead atoms. The molecule has 0 aliphatic carbocycles. The number of aromatic carboxylic acids is 1. The Kier molecular flexibility index (Phi) is 3.66. The number of carbonyl (C=O) groups is 1. The third kappa shape index (κ3) is 2.65. The van der Waals surface area contributed by atoms with E-state index in [0.29, 0.717) is 5.69 Å². The zero-order valence-electron chi connectivity index (χ0n) is 10.7. The second-order valence-corrected chi connectivity index (χ2v) is 3.96. The molecule has 0 fully saturated rings. The minimum absolute atomic E-state index is 0.216. The van der Waals surface area contributed by atoms with Crippen LogP contribution in [0.3, 0.4) is 0 Å². The highest BCUT2D eigenvalue weighted by Gasteiger charge is 2.14.